The Morgan fingerprint density at radius 2 is 2.14 bits per heavy atom. The molecule has 1 aliphatic heterocycles. The molecular weight excluding hydrogens is 501 g/mol. The van der Waals surface area contributed by atoms with Crippen LogP contribution in [0.2, 0.25) is 0 Å². The quantitative estimate of drug-likeness (QED) is 0.228. The molecule has 2 atom stereocenters. The van der Waals surface area contributed by atoms with Gasteiger partial charge in [0, 0.05) is 12.6 Å². The van der Waals surface area contributed by atoms with E-state index in [1.807, 2.05) is 20.8 Å². The number of ether oxygens (including phenoxy) is 1. The zero-order valence-electron chi connectivity index (χ0n) is 18.3. The minimum Gasteiger partial charge on any atom is -0.462 e. The van der Waals surface area contributed by atoms with Crippen LogP contribution in [0.1, 0.15) is 73.4 Å². The van der Waals surface area contributed by atoms with E-state index in [2.05, 4.69) is 34.4 Å². The Labute approximate surface area is 196 Å². The number of esters is 1. The lowest BCUT2D eigenvalue weighted by Gasteiger charge is -2.34. The van der Waals surface area contributed by atoms with Crippen LogP contribution in [0.15, 0.2) is 4.99 Å². The first kappa shape index (κ1) is 26.1. The maximum Gasteiger partial charge on any atom is 0.350 e. The smallest absolute Gasteiger partial charge is 0.350 e. The van der Waals surface area contributed by atoms with Crippen LogP contribution >= 0.6 is 35.3 Å². The van der Waals surface area contributed by atoms with E-state index < -0.39 is 0 Å². The van der Waals surface area contributed by atoms with Gasteiger partial charge in [-0.3, -0.25) is 9.89 Å². The highest BCUT2D eigenvalue weighted by Gasteiger charge is 2.22. The molecule has 1 aromatic rings. The Hall–Kier alpha value is -0.940. The molecular formula is C20H36IN5O2S. The van der Waals surface area contributed by atoms with Crippen molar-refractivity contribution in [3.05, 3.63) is 15.6 Å². The highest BCUT2D eigenvalue weighted by atomic mass is 127. The summed E-state index contributed by atoms with van der Waals surface area (Å²) in [7, 11) is 0. The zero-order valence-corrected chi connectivity index (χ0v) is 21.4. The third-order valence-corrected chi connectivity index (χ3v) is 6.28. The van der Waals surface area contributed by atoms with Crippen LogP contribution in [0, 0.1) is 6.92 Å². The summed E-state index contributed by atoms with van der Waals surface area (Å²) in [5.41, 5.74) is 0.717. The Morgan fingerprint density at radius 1 is 1.38 bits per heavy atom. The average Bonchev–Trinajstić information content (AvgIpc) is 3.08. The number of aliphatic imine (C=N–C) groups is 1. The predicted molar refractivity (Wildman–Crippen MR) is 131 cm³/mol. The van der Waals surface area contributed by atoms with Gasteiger partial charge in [-0.2, -0.15) is 0 Å². The Kier molecular flexibility index (Phi) is 12.0. The largest absolute Gasteiger partial charge is 0.462 e. The van der Waals surface area contributed by atoms with Crippen molar-refractivity contribution in [2.24, 2.45) is 4.99 Å². The number of carbonyl (C=O) groups is 1. The molecule has 7 nitrogen and oxygen atoms in total. The fraction of sp³-hybridized carbons (Fsp3) is 0.750. The van der Waals surface area contributed by atoms with E-state index in [1.54, 1.807) is 0 Å². The second-order valence-corrected chi connectivity index (χ2v) is 8.08. The molecule has 0 saturated carbocycles. The van der Waals surface area contributed by atoms with Crippen molar-refractivity contribution in [2.45, 2.75) is 66.0 Å². The normalized spacial score (nSPS) is 18.7. The number of halogens is 1. The van der Waals surface area contributed by atoms with E-state index >= 15 is 0 Å². The first-order valence-electron chi connectivity index (χ1n) is 10.4. The lowest BCUT2D eigenvalue weighted by Crippen LogP contribution is -2.43. The van der Waals surface area contributed by atoms with Crippen molar-refractivity contribution in [3.8, 4) is 0 Å². The summed E-state index contributed by atoms with van der Waals surface area (Å²) in [6.07, 6.45) is 3.78. The van der Waals surface area contributed by atoms with Gasteiger partial charge in [-0.25, -0.2) is 9.78 Å². The van der Waals surface area contributed by atoms with Gasteiger partial charge in [-0.1, -0.05) is 13.3 Å². The van der Waals surface area contributed by atoms with Gasteiger partial charge in [0.2, 0.25) is 0 Å². The van der Waals surface area contributed by atoms with Crippen molar-refractivity contribution >= 4 is 47.2 Å². The number of rotatable bonds is 8. The molecule has 0 spiro atoms. The lowest BCUT2D eigenvalue weighted by molar-refractivity contribution is 0.0531. The summed E-state index contributed by atoms with van der Waals surface area (Å²) in [6, 6.07) is 0.473. The minimum absolute atomic E-state index is 0. The molecule has 29 heavy (non-hydrogen) atoms. The maximum absolute atomic E-state index is 12.0. The number of carbonyl (C=O) groups excluding carboxylic acids is 1. The molecule has 1 fully saturated rings. The molecule has 0 bridgehead atoms. The Bertz CT molecular complexity index is 667. The predicted octanol–water partition coefficient (Wildman–Crippen LogP) is 3.74. The molecule has 0 amide bonds. The number of aryl methyl sites for hydroxylation is 1. The van der Waals surface area contributed by atoms with Crippen molar-refractivity contribution in [1.82, 2.24) is 20.5 Å². The summed E-state index contributed by atoms with van der Waals surface area (Å²) >= 11 is 1.39. The van der Waals surface area contributed by atoms with E-state index in [0.29, 0.717) is 17.5 Å². The van der Waals surface area contributed by atoms with Crippen LogP contribution in [0.3, 0.4) is 0 Å². The van der Waals surface area contributed by atoms with Crippen LogP contribution < -0.4 is 10.6 Å². The molecule has 2 N–H and O–H groups in total. The Morgan fingerprint density at radius 3 is 2.79 bits per heavy atom. The number of hydrogen-bond acceptors (Lipinski definition) is 6. The molecule has 0 aliphatic carbocycles. The van der Waals surface area contributed by atoms with E-state index in [-0.39, 0.29) is 36.0 Å². The van der Waals surface area contributed by atoms with Gasteiger partial charge in [0.25, 0.3) is 0 Å². The number of nitrogens with zero attached hydrogens (tertiary/aromatic N) is 3. The molecule has 1 aliphatic rings. The van der Waals surface area contributed by atoms with E-state index in [4.69, 9.17) is 9.73 Å². The average molecular weight is 538 g/mol. The second-order valence-electron chi connectivity index (χ2n) is 7.05. The van der Waals surface area contributed by atoms with Crippen LogP contribution in [-0.2, 0) is 4.74 Å². The molecule has 0 radical (unpaired) electrons. The third kappa shape index (κ3) is 7.67. The molecule has 1 aromatic heterocycles. The molecule has 0 aromatic carbocycles. The summed E-state index contributed by atoms with van der Waals surface area (Å²) < 4.78 is 5.12. The Balaban J connectivity index is 0.00000420. The van der Waals surface area contributed by atoms with Crippen molar-refractivity contribution < 1.29 is 9.53 Å². The summed E-state index contributed by atoms with van der Waals surface area (Å²) in [4.78, 5) is 24.5. The molecule has 2 heterocycles. The maximum atomic E-state index is 12.0. The van der Waals surface area contributed by atoms with Gasteiger partial charge >= 0.3 is 5.97 Å². The summed E-state index contributed by atoms with van der Waals surface area (Å²) in [5, 5.41) is 7.62. The number of guanidine groups is 1. The zero-order chi connectivity index (χ0) is 20.5. The van der Waals surface area contributed by atoms with E-state index in [0.717, 1.165) is 36.3 Å². The summed E-state index contributed by atoms with van der Waals surface area (Å²) in [6.45, 7) is 14.2. The third-order valence-electron chi connectivity index (χ3n) is 4.96. The van der Waals surface area contributed by atoms with Gasteiger partial charge < -0.3 is 15.4 Å². The van der Waals surface area contributed by atoms with Gasteiger partial charge in [0.15, 0.2) is 5.96 Å². The highest BCUT2D eigenvalue weighted by molar-refractivity contribution is 14.0. The fourth-order valence-electron chi connectivity index (χ4n) is 3.46. The SMILES string of the molecule is CCNC(=NCC1CCCCN1CC)NC(C)c1nc(C)c(C(=O)OCC)s1.I. The first-order valence-corrected chi connectivity index (χ1v) is 11.2. The van der Waals surface area contributed by atoms with Crippen LogP contribution in [0.5, 0.6) is 0 Å². The van der Waals surface area contributed by atoms with Crippen LogP contribution in [0.4, 0.5) is 0 Å². The van der Waals surface area contributed by atoms with Crippen molar-refractivity contribution in [2.75, 3.05) is 32.8 Å². The van der Waals surface area contributed by atoms with E-state index in [1.165, 1.54) is 37.1 Å². The number of aromatic nitrogens is 1. The molecule has 9 heteroatoms. The fourth-order valence-corrected chi connectivity index (χ4v) is 4.42. The standard InChI is InChI=1S/C20H35N5O2S.HI/c1-6-21-20(22-13-16-11-9-10-12-25(16)7-2)24-15(5)18-23-14(4)17(28-18)19(26)27-8-3;/h15-16H,6-13H2,1-5H3,(H2,21,22,24);1H. The lowest BCUT2D eigenvalue weighted by atomic mass is 10.0. The molecule has 1 saturated heterocycles. The molecule has 166 valence electrons. The number of likely N-dealkylation sites (N-methyl/N-ethyl adjacent to an activating group) is 1. The number of piperidine rings is 1. The van der Waals surface area contributed by atoms with Crippen molar-refractivity contribution in [1.29, 1.82) is 0 Å². The van der Waals surface area contributed by atoms with Crippen LogP contribution in [-0.4, -0.2) is 60.6 Å². The first-order chi connectivity index (χ1) is 13.5. The van der Waals surface area contributed by atoms with Crippen molar-refractivity contribution in [3.63, 3.8) is 0 Å². The van der Waals surface area contributed by atoms with Gasteiger partial charge in [0.1, 0.15) is 9.88 Å². The molecule has 2 rings (SSSR count). The van der Waals surface area contributed by atoms with Gasteiger partial charge in [-0.15, -0.1) is 35.3 Å². The minimum atomic E-state index is -0.298. The number of thiazole rings is 1. The molecule has 2 unspecified atom stereocenters. The van der Waals surface area contributed by atoms with Gasteiger partial charge in [0.05, 0.1) is 24.9 Å². The van der Waals surface area contributed by atoms with Crippen LogP contribution in [0.25, 0.3) is 0 Å². The number of nitrogens with one attached hydrogen (secondary N) is 2. The monoisotopic (exact) mass is 537 g/mol. The summed E-state index contributed by atoms with van der Waals surface area (Å²) in [5.74, 6) is 0.496. The van der Waals surface area contributed by atoms with E-state index in [9.17, 15) is 4.79 Å². The van der Waals surface area contributed by atoms with Gasteiger partial charge in [-0.05, 0) is 53.6 Å². The topological polar surface area (TPSA) is 78.9 Å². The number of likely N-dealkylation sites (tertiary alicyclic amines) is 1. The number of hydrogen-bond donors (Lipinski definition) is 2. The highest BCUT2D eigenvalue weighted by Crippen LogP contribution is 2.24. The second kappa shape index (κ2) is 13.4.